The van der Waals surface area contributed by atoms with Gasteiger partial charge in [0.2, 0.25) is 5.76 Å². The molecule has 0 radical (unpaired) electrons. The third-order valence-electron chi connectivity index (χ3n) is 6.96. The van der Waals surface area contributed by atoms with Gasteiger partial charge in [0.25, 0.3) is 5.91 Å². The van der Waals surface area contributed by atoms with Crippen LogP contribution >= 0.6 is 0 Å². The van der Waals surface area contributed by atoms with Crippen molar-refractivity contribution < 1.29 is 9.21 Å². The SMILES string of the molecule is Cc1cc(C#N)ccc1NC(=O)c1c(C#N)oc2cnc(NC3CC4CC[C@H](C3)N4C)cc12. The summed E-state index contributed by atoms with van der Waals surface area (Å²) < 4.78 is 5.62. The summed E-state index contributed by atoms with van der Waals surface area (Å²) in [6.45, 7) is 1.82. The molecule has 0 aliphatic carbocycles. The van der Waals surface area contributed by atoms with Crippen LogP contribution in [-0.4, -0.2) is 41.0 Å². The van der Waals surface area contributed by atoms with Gasteiger partial charge in [0.15, 0.2) is 5.58 Å². The number of nitrogens with zero attached hydrogens (tertiary/aromatic N) is 4. The van der Waals surface area contributed by atoms with Crippen molar-refractivity contribution in [3.63, 3.8) is 0 Å². The summed E-state index contributed by atoms with van der Waals surface area (Å²) in [4.78, 5) is 20.1. The average molecular weight is 441 g/mol. The van der Waals surface area contributed by atoms with Crippen molar-refractivity contribution in [2.75, 3.05) is 17.7 Å². The zero-order chi connectivity index (χ0) is 23.1. The van der Waals surface area contributed by atoms with Crippen LogP contribution in [0, 0.1) is 29.6 Å². The lowest BCUT2D eigenvalue weighted by atomic mass is 9.98. The molecule has 2 aliphatic heterocycles. The number of hydrogen-bond donors (Lipinski definition) is 2. The summed E-state index contributed by atoms with van der Waals surface area (Å²) in [5, 5.41) is 25.6. The molecule has 2 N–H and O–H groups in total. The number of nitrogens with one attached hydrogen (secondary N) is 2. The molecule has 33 heavy (non-hydrogen) atoms. The summed E-state index contributed by atoms with van der Waals surface area (Å²) in [6, 6.07) is 12.4. The normalized spacial score (nSPS) is 22.0. The van der Waals surface area contributed by atoms with E-state index in [0.717, 1.165) is 18.4 Å². The molecule has 8 nitrogen and oxygen atoms in total. The zero-order valence-electron chi connectivity index (χ0n) is 18.6. The lowest BCUT2D eigenvalue weighted by Crippen LogP contribution is -2.44. The van der Waals surface area contributed by atoms with Crippen LogP contribution in [0.4, 0.5) is 11.5 Å². The molecule has 8 heteroatoms. The number of pyridine rings is 1. The topological polar surface area (TPSA) is 118 Å². The summed E-state index contributed by atoms with van der Waals surface area (Å²) in [6.07, 6.45) is 6.15. The van der Waals surface area contributed by atoms with E-state index in [1.807, 2.05) is 13.0 Å². The lowest BCUT2D eigenvalue weighted by molar-refractivity contribution is 0.102. The number of rotatable bonds is 4. The van der Waals surface area contributed by atoms with Crippen LogP contribution in [0.1, 0.15) is 52.9 Å². The molecule has 1 amide bonds. The Bertz CT molecular complexity index is 1320. The van der Waals surface area contributed by atoms with E-state index in [0.29, 0.717) is 46.2 Å². The molecular formula is C25H24N6O2. The van der Waals surface area contributed by atoms with Crippen molar-refractivity contribution in [2.45, 2.75) is 50.7 Å². The van der Waals surface area contributed by atoms with Crippen molar-refractivity contribution in [1.29, 1.82) is 10.5 Å². The van der Waals surface area contributed by atoms with Crippen molar-refractivity contribution in [1.82, 2.24) is 9.88 Å². The Morgan fingerprint density at radius 3 is 2.61 bits per heavy atom. The number of fused-ring (bicyclic) bond motifs is 3. The number of nitriles is 2. The molecule has 0 saturated carbocycles. The van der Waals surface area contributed by atoms with E-state index in [1.54, 1.807) is 30.5 Å². The van der Waals surface area contributed by atoms with E-state index >= 15 is 0 Å². The standard InChI is InChI=1S/C25H24N6O2/c1-14-7-15(11-26)3-6-20(14)30-25(32)24-19-10-23(28-13-22(19)33-21(24)12-27)29-16-8-17-4-5-18(9-16)31(17)2/h3,6-7,10,13,16-18H,4-5,8-9H2,1-2H3,(H,28,29)(H,30,32)/t16?,17-,18?/m1/s1. The number of hydrogen-bond acceptors (Lipinski definition) is 7. The van der Waals surface area contributed by atoms with E-state index in [9.17, 15) is 10.1 Å². The second kappa shape index (κ2) is 8.23. The zero-order valence-corrected chi connectivity index (χ0v) is 18.6. The fraction of sp³-hybridized carbons (Fsp3) is 0.360. The van der Waals surface area contributed by atoms with Crippen molar-refractivity contribution >= 4 is 28.4 Å². The van der Waals surface area contributed by atoms with Gasteiger partial charge in [-0.1, -0.05) is 0 Å². The van der Waals surface area contributed by atoms with Crippen LogP contribution < -0.4 is 10.6 Å². The molecule has 0 spiro atoms. The van der Waals surface area contributed by atoms with Crippen LogP contribution in [0.5, 0.6) is 0 Å². The summed E-state index contributed by atoms with van der Waals surface area (Å²) >= 11 is 0. The van der Waals surface area contributed by atoms with Gasteiger partial charge in [0.05, 0.1) is 17.8 Å². The number of piperidine rings is 1. The van der Waals surface area contributed by atoms with E-state index < -0.39 is 5.91 Å². The third kappa shape index (κ3) is 3.79. The first-order valence-corrected chi connectivity index (χ1v) is 11.1. The Kier molecular flexibility index (Phi) is 5.24. The number of aryl methyl sites for hydroxylation is 1. The van der Waals surface area contributed by atoms with Gasteiger partial charge in [-0.05, 0) is 69.5 Å². The van der Waals surface area contributed by atoms with Crippen LogP contribution in [-0.2, 0) is 0 Å². The first kappa shape index (κ1) is 21.0. The molecule has 5 rings (SSSR count). The first-order chi connectivity index (χ1) is 16.0. The van der Waals surface area contributed by atoms with Gasteiger partial charge in [-0.3, -0.25) is 4.79 Å². The second-order valence-electron chi connectivity index (χ2n) is 8.94. The van der Waals surface area contributed by atoms with E-state index in [1.165, 1.54) is 12.8 Å². The van der Waals surface area contributed by atoms with Gasteiger partial charge >= 0.3 is 0 Å². The van der Waals surface area contributed by atoms with Gasteiger partial charge in [-0.25, -0.2) is 4.98 Å². The molecule has 2 unspecified atom stereocenters. The predicted molar refractivity (Wildman–Crippen MR) is 124 cm³/mol. The number of benzene rings is 1. The maximum absolute atomic E-state index is 13.2. The maximum Gasteiger partial charge on any atom is 0.261 e. The molecule has 1 aromatic carbocycles. The largest absolute Gasteiger partial charge is 0.443 e. The molecular weight excluding hydrogens is 416 g/mol. The van der Waals surface area contributed by atoms with Crippen LogP contribution in [0.2, 0.25) is 0 Å². The van der Waals surface area contributed by atoms with Crippen LogP contribution in [0.25, 0.3) is 11.0 Å². The van der Waals surface area contributed by atoms with Gasteiger partial charge in [0, 0.05) is 29.2 Å². The monoisotopic (exact) mass is 440 g/mol. The van der Waals surface area contributed by atoms with Gasteiger partial charge in [-0.15, -0.1) is 0 Å². The van der Waals surface area contributed by atoms with E-state index in [2.05, 4.69) is 33.6 Å². The minimum absolute atomic E-state index is 0.0508. The van der Waals surface area contributed by atoms with Gasteiger partial charge in [0.1, 0.15) is 17.5 Å². The number of furan rings is 1. The summed E-state index contributed by atoms with van der Waals surface area (Å²) in [5.74, 6) is 0.183. The first-order valence-electron chi connectivity index (χ1n) is 11.1. The van der Waals surface area contributed by atoms with Crippen LogP contribution in [0.15, 0.2) is 34.9 Å². The molecule has 2 fully saturated rings. The highest BCUT2D eigenvalue weighted by Crippen LogP contribution is 2.36. The molecule has 166 valence electrons. The predicted octanol–water partition coefficient (Wildman–Crippen LogP) is 4.17. The number of carbonyl (C=O) groups is 1. The molecule has 2 aromatic heterocycles. The van der Waals surface area contributed by atoms with Crippen molar-refractivity contribution in [2.24, 2.45) is 0 Å². The van der Waals surface area contributed by atoms with Crippen LogP contribution in [0.3, 0.4) is 0 Å². The molecule has 2 saturated heterocycles. The Labute approximate surface area is 191 Å². The highest BCUT2D eigenvalue weighted by Gasteiger charge is 2.38. The Morgan fingerprint density at radius 2 is 1.94 bits per heavy atom. The third-order valence-corrected chi connectivity index (χ3v) is 6.96. The minimum atomic E-state index is -0.437. The molecule has 3 aromatic rings. The summed E-state index contributed by atoms with van der Waals surface area (Å²) in [5.41, 5.74) is 2.43. The van der Waals surface area contributed by atoms with E-state index in [4.69, 9.17) is 9.68 Å². The summed E-state index contributed by atoms with van der Waals surface area (Å²) in [7, 11) is 2.21. The smallest absolute Gasteiger partial charge is 0.261 e. The van der Waals surface area contributed by atoms with E-state index in [-0.39, 0.29) is 11.3 Å². The molecule has 2 bridgehead atoms. The highest BCUT2D eigenvalue weighted by molar-refractivity contribution is 6.14. The molecule has 3 atom stereocenters. The number of anilines is 2. The van der Waals surface area contributed by atoms with Gasteiger partial charge in [-0.2, -0.15) is 10.5 Å². The Balaban J connectivity index is 1.43. The number of aromatic nitrogens is 1. The molecule has 2 aliphatic rings. The fourth-order valence-corrected chi connectivity index (χ4v) is 5.18. The minimum Gasteiger partial charge on any atom is -0.443 e. The highest BCUT2D eigenvalue weighted by atomic mass is 16.3. The lowest BCUT2D eigenvalue weighted by Gasteiger charge is -2.36. The van der Waals surface area contributed by atoms with Crippen molar-refractivity contribution in [3.8, 4) is 12.1 Å². The van der Waals surface area contributed by atoms with Gasteiger partial charge < -0.3 is 20.0 Å². The number of amides is 1. The quantitative estimate of drug-likeness (QED) is 0.625. The maximum atomic E-state index is 13.2. The average Bonchev–Trinajstić information content (AvgIpc) is 3.26. The van der Waals surface area contributed by atoms with Crippen molar-refractivity contribution in [3.05, 3.63) is 52.9 Å². The second-order valence-corrected chi connectivity index (χ2v) is 8.94. The Morgan fingerprint density at radius 1 is 1.18 bits per heavy atom. The molecule has 4 heterocycles. The fourth-order valence-electron chi connectivity index (χ4n) is 5.18. The Hall–Kier alpha value is -3.88. The number of carbonyl (C=O) groups excluding carboxylic acids is 1.